The minimum Gasteiger partial charge on any atom is -0.480 e. The molecular formula is C16H28N4O5. The van der Waals surface area contributed by atoms with E-state index < -0.39 is 35.9 Å². The normalized spacial score (nSPS) is 19.4. The van der Waals surface area contributed by atoms with Crippen LogP contribution in [0, 0.1) is 5.92 Å². The lowest BCUT2D eigenvalue weighted by atomic mass is 10.0. The van der Waals surface area contributed by atoms with Crippen molar-refractivity contribution in [3.8, 4) is 0 Å². The zero-order valence-corrected chi connectivity index (χ0v) is 14.9. The number of rotatable bonds is 8. The van der Waals surface area contributed by atoms with Gasteiger partial charge in [-0.2, -0.15) is 0 Å². The molecule has 1 aliphatic rings. The van der Waals surface area contributed by atoms with Gasteiger partial charge in [-0.25, -0.2) is 4.79 Å². The lowest BCUT2D eigenvalue weighted by molar-refractivity contribution is -0.142. The van der Waals surface area contributed by atoms with E-state index in [0.717, 1.165) is 0 Å². The summed E-state index contributed by atoms with van der Waals surface area (Å²) in [6.45, 7) is 5.39. The number of carboxylic acids is 1. The van der Waals surface area contributed by atoms with Crippen LogP contribution in [-0.4, -0.2) is 64.9 Å². The van der Waals surface area contributed by atoms with Gasteiger partial charge in [0.25, 0.3) is 0 Å². The van der Waals surface area contributed by atoms with E-state index in [2.05, 4.69) is 10.6 Å². The second-order valence-electron chi connectivity index (χ2n) is 6.78. The van der Waals surface area contributed by atoms with Crippen LogP contribution in [0.1, 0.15) is 40.0 Å². The smallest absolute Gasteiger partial charge is 0.326 e. The van der Waals surface area contributed by atoms with E-state index in [4.69, 9.17) is 10.8 Å². The van der Waals surface area contributed by atoms with Crippen LogP contribution in [-0.2, 0) is 19.2 Å². The van der Waals surface area contributed by atoms with E-state index in [9.17, 15) is 19.2 Å². The Morgan fingerprint density at radius 2 is 1.88 bits per heavy atom. The van der Waals surface area contributed by atoms with Crippen molar-refractivity contribution in [2.45, 2.75) is 58.2 Å². The molecule has 0 radical (unpaired) electrons. The van der Waals surface area contributed by atoms with Gasteiger partial charge < -0.3 is 26.4 Å². The van der Waals surface area contributed by atoms with Crippen LogP contribution >= 0.6 is 0 Å². The summed E-state index contributed by atoms with van der Waals surface area (Å²) >= 11 is 0. The SMILES string of the molecule is CC(C)CC(NC(=O)CNC(=O)C1CCCN1C(=O)C(C)N)C(=O)O. The third-order valence-corrected chi connectivity index (χ3v) is 3.99. The second-order valence-corrected chi connectivity index (χ2v) is 6.78. The van der Waals surface area contributed by atoms with Crippen molar-refractivity contribution in [1.82, 2.24) is 15.5 Å². The summed E-state index contributed by atoms with van der Waals surface area (Å²) in [5, 5.41) is 14.0. The first-order valence-electron chi connectivity index (χ1n) is 8.49. The molecular weight excluding hydrogens is 328 g/mol. The van der Waals surface area contributed by atoms with Crippen LogP contribution in [0.15, 0.2) is 0 Å². The summed E-state index contributed by atoms with van der Waals surface area (Å²) in [6, 6.07) is -2.33. The Kier molecular flexibility index (Phi) is 7.82. The molecule has 1 rings (SSSR count). The van der Waals surface area contributed by atoms with Crippen molar-refractivity contribution in [2.24, 2.45) is 11.7 Å². The molecule has 3 amide bonds. The topological polar surface area (TPSA) is 142 Å². The molecule has 0 aliphatic carbocycles. The highest BCUT2D eigenvalue weighted by Crippen LogP contribution is 2.18. The van der Waals surface area contributed by atoms with Gasteiger partial charge in [-0.1, -0.05) is 13.8 Å². The van der Waals surface area contributed by atoms with E-state index in [-0.39, 0.29) is 18.4 Å². The van der Waals surface area contributed by atoms with Gasteiger partial charge in [0.15, 0.2) is 0 Å². The predicted octanol–water partition coefficient (Wildman–Crippen LogP) is -0.944. The quantitative estimate of drug-likeness (QED) is 0.442. The summed E-state index contributed by atoms with van der Waals surface area (Å²) in [4.78, 5) is 48.7. The molecule has 25 heavy (non-hydrogen) atoms. The molecule has 1 heterocycles. The zero-order chi connectivity index (χ0) is 19.1. The van der Waals surface area contributed by atoms with Crippen LogP contribution in [0.5, 0.6) is 0 Å². The molecule has 3 unspecified atom stereocenters. The van der Waals surface area contributed by atoms with E-state index in [0.29, 0.717) is 25.8 Å². The first-order chi connectivity index (χ1) is 11.6. The monoisotopic (exact) mass is 356 g/mol. The van der Waals surface area contributed by atoms with Gasteiger partial charge in [0, 0.05) is 6.54 Å². The fourth-order valence-corrected chi connectivity index (χ4v) is 2.79. The van der Waals surface area contributed by atoms with Gasteiger partial charge in [0.2, 0.25) is 17.7 Å². The van der Waals surface area contributed by atoms with Crippen molar-refractivity contribution in [3.05, 3.63) is 0 Å². The molecule has 1 aliphatic heterocycles. The van der Waals surface area contributed by atoms with E-state index in [1.807, 2.05) is 13.8 Å². The number of amides is 3. The van der Waals surface area contributed by atoms with E-state index >= 15 is 0 Å². The van der Waals surface area contributed by atoms with Gasteiger partial charge in [0.1, 0.15) is 12.1 Å². The fraction of sp³-hybridized carbons (Fsp3) is 0.750. The summed E-state index contributed by atoms with van der Waals surface area (Å²) in [5.74, 6) is -2.32. The lowest BCUT2D eigenvalue weighted by Crippen LogP contribution is -2.52. The molecule has 0 saturated carbocycles. The molecule has 0 spiro atoms. The summed E-state index contributed by atoms with van der Waals surface area (Å²) in [5.41, 5.74) is 5.58. The largest absolute Gasteiger partial charge is 0.480 e. The Bertz CT molecular complexity index is 521. The minimum absolute atomic E-state index is 0.104. The van der Waals surface area contributed by atoms with Gasteiger partial charge in [0.05, 0.1) is 12.6 Å². The van der Waals surface area contributed by atoms with E-state index in [1.165, 1.54) is 4.90 Å². The molecule has 0 aromatic rings. The minimum atomic E-state index is -1.11. The first kappa shape index (κ1) is 20.9. The number of aliphatic carboxylic acids is 1. The Labute approximate surface area is 147 Å². The molecule has 1 saturated heterocycles. The molecule has 5 N–H and O–H groups in total. The highest BCUT2D eigenvalue weighted by molar-refractivity contribution is 5.92. The molecule has 0 aromatic carbocycles. The van der Waals surface area contributed by atoms with Crippen LogP contribution in [0.2, 0.25) is 0 Å². The van der Waals surface area contributed by atoms with Crippen molar-refractivity contribution in [3.63, 3.8) is 0 Å². The Morgan fingerprint density at radius 3 is 2.40 bits per heavy atom. The second kappa shape index (κ2) is 9.36. The fourth-order valence-electron chi connectivity index (χ4n) is 2.79. The zero-order valence-electron chi connectivity index (χ0n) is 14.9. The number of hydrogen-bond donors (Lipinski definition) is 4. The van der Waals surface area contributed by atoms with Gasteiger partial charge in [-0.15, -0.1) is 0 Å². The van der Waals surface area contributed by atoms with Crippen molar-refractivity contribution >= 4 is 23.7 Å². The third-order valence-electron chi connectivity index (χ3n) is 3.99. The molecule has 9 heteroatoms. The summed E-state index contributed by atoms with van der Waals surface area (Å²) < 4.78 is 0. The summed E-state index contributed by atoms with van der Waals surface area (Å²) in [7, 11) is 0. The van der Waals surface area contributed by atoms with Gasteiger partial charge in [-0.05, 0) is 32.1 Å². The van der Waals surface area contributed by atoms with Crippen molar-refractivity contribution in [1.29, 1.82) is 0 Å². The highest BCUT2D eigenvalue weighted by Gasteiger charge is 2.35. The maximum atomic E-state index is 12.2. The standard InChI is InChI=1S/C16H28N4O5/c1-9(2)7-11(16(24)25)19-13(21)8-18-14(22)12-5-4-6-20(12)15(23)10(3)17/h9-12H,4-8,17H2,1-3H3,(H,18,22)(H,19,21)(H,24,25). The summed E-state index contributed by atoms with van der Waals surface area (Å²) in [6.07, 6.45) is 1.50. The van der Waals surface area contributed by atoms with Crippen LogP contribution < -0.4 is 16.4 Å². The molecule has 3 atom stereocenters. The third kappa shape index (κ3) is 6.33. The van der Waals surface area contributed by atoms with E-state index in [1.54, 1.807) is 6.92 Å². The van der Waals surface area contributed by atoms with Crippen LogP contribution in [0.3, 0.4) is 0 Å². The Morgan fingerprint density at radius 1 is 1.24 bits per heavy atom. The number of nitrogens with two attached hydrogens (primary N) is 1. The maximum Gasteiger partial charge on any atom is 0.326 e. The number of likely N-dealkylation sites (tertiary alicyclic amines) is 1. The van der Waals surface area contributed by atoms with Crippen LogP contribution in [0.4, 0.5) is 0 Å². The number of carbonyl (C=O) groups is 4. The van der Waals surface area contributed by atoms with Crippen molar-refractivity contribution < 1.29 is 24.3 Å². The lowest BCUT2D eigenvalue weighted by Gasteiger charge is -2.25. The van der Waals surface area contributed by atoms with Crippen molar-refractivity contribution in [2.75, 3.05) is 13.1 Å². The average Bonchev–Trinajstić information content (AvgIpc) is 2.99. The Balaban J connectivity index is 2.53. The molecule has 9 nitrogen and oxygen atoms in total. The predicted molar refractivity (Wildman–Crippen MR) is 90.4 cm³/mol. The molecule has 1 fully saturated rings. The number of nitrogens with one attached hydrogen (secondary N) is 2. The van der Waals surface area contributed by atoms with Crippen LogP contribution in [0.25, 0.3) is 0 Å². The average molecular weight is 356 g/mol. The van der Waals surface area contributed by atoms with Gasteiger partial charge in [-0.3, -0.25) is 14.4 Å². The number of carboxylic acid groups (broad SMARTS) is 1. The number of carbonyl (C=O) groups excluding carboxylic acids is 3. The first-order valence-corrected chi connectivity index (χ1v) is 8.49. The molecule has 0 aromatic heterocycles. The molecule has 0 bridgehead atoms. The number of hydrogen-bond acceptors (Lipinski definition) is 5. The highest BCUT2D eigenvalue weighted by atomic mass is 16.4. The molecule has 142 valence electrons. The maximum absolute atomic E-state index is 12.2. The number of nitrogens with zero attached hydrogens (tertiary/aromatic N) is 1. The Hall–Kier alpha value is -2.16. The van der Waals surface area contributed by atoms with Gasteiger partial charge >= 0.3 is 5.97 Å².